The zero-order valence-electron chi connectivity index (χ0n) is 12.4. The number of anilines is 1. The molecule has 1 aliphatic heterocycles. The van der Waals surface area contributed by atoms with Crippen LogP contribution < -0.4 is 10.9 Å². The van der Waals surface area contributed by atoms with Crippen LogP contribution in [-0.2, 0) is 4.79 Å². The summed E-state index contributed by atoms with van der Waals surface area (Å²) in [6, 6.07) is 9.12. The van der Waals surface area contributed by atoms with Gasteiger partial charge in [0.05, 0.1) is 17.2 Å². The molecule has 112 valence electrons. The zero-order valence-corrected chi connectivity index (χ0v) is 12.4. The fourth-order valence-corrected chi connectivity index (χ4v) is 2.85. The summed E-state index contributed by atoms with van der Waals surface area (Å²) in [5.74, 6) is 0.140. The maximum atomic E-state index is 12.3. The molecule has 6 heteroatoms. The van der Waals surface area contributed by atoms with Crippen molar-refractivity contribution >= 4 is 11.7 Å². The van der Waals surface area contributed by atoms with Crippen molar-refractivity contribution in [1.29, 1.82) is 5.26 Å². The molecule has 0 bridgehead atoms. The number of nitriles is 1. The van der Waals surface area contributed by atoms with Crippen molar-refractivity contribution in [3.05, 3.63) is 51.3 Å². The highest BCUT2D eigenvalue weighted by atomic mass is 16.2. The molecule has 0 fully saturated rings. The Labute approximate surface area is 127 Å². The Kier molecular flexibility index (Phi) is 3.33. The Bertz CT molecular complexity index is 821. The van der Waals surface area contributed by atoms with Gasteiger partial charge in [0.2, 0.25) is 5.91 Å². The third kappa shape index (κ3) is 2.21. The molecule has 1 amide bonds. The zero-order chi connectivity index (χ0) is 15.9. The normalized spacial score (nSPS) is 17.0. The molecular formula is C16H16N4O2. The number of aromatic nitrogens is 2. The van der Waals surface area contributed by atoms with Crippen LogP contribution in [0.25, 0.3) is 0 Å². The number of hydrogen-bond acceptors (Lipinski definition) is 3. The summed E-state index contributed by atoms with van der Waals surface area (Å²) >= 11 is 0. The molecule has 22 heavy (non-hydrogen) atoms. The van der Waals surface area contributed by atoms with Gasteiger partial charge in [-0.1, -0.05) is 12.1 Å². The number of amides is 1. The Hall–Kier alpha value is -2.81. The van der Waals surface area contributed by atoms with E-state index in [1.54, 1.807) is 28.9 Å². The van der Waals surface area contributed by atoms with E-state index in [2.05, 4.69) is 16.5 Å². The lowest BCUT2D eigenvalue weighted by molar-refractivity contribution is -0.116. The first kappa shape index (κ1) is 14.1. The monoisotopic (exact) mass is 296 g/mol. The quantitative estimate of drug-likeness (QED) is 0.889. The summed E-state index contributed by atoms with van der Waals surface area (Å²) < 4.78 is 1.69. The summed E-state index contributed by atoms with van der Waals surface area (Å²) in [6.07, 6.45) is 0.226. The summed E-state index contributed by atoms with van der Waals surface area (Å²) in [5.41, 5.74) is 1.82. The van der Waals surface area contributed by atoms with Gasteiger partial charge < -0.3 is 5.32 Å². The Morgan fingerprint density at radius 1 is 1.27 bits per heavy atom. The van der Waals surface area contributed by atoms with Crippen molar-refractivity contribution in [1.82, 2.24) is 9.78 Å². The van der Waals surface area contributed by atoms with E-state index in [0.29, 0.717) is 16.9 Å². The lowest BCUT2D eigenvalue weighted by Gasteiger charge is -2.24. The smallest absolute Gasteiger partial charge is 0.270 e. The number of carbonyl (C=O) groups is 1. The van der Waals surface area contributed by atoms with Crippen LogP contribution in [-0.4, -0.2) is 15.7 Å². The first-order valence-corrected chi connectivity index (χ1v) is 7.15. The molecule has 1 aromatic heterocycles. The summed E-state index contributed by atoms with van der Waals surface area (Å²) in [7, 11) is 0. The third-order valence-electron chi connectivity index (χ3n) is 3.92. The number of H-pyrrole nitrogens is 1. The van der Waals surface area contributed by atoms with Crippen molar-refractivity contribution in [3.63, 3.8) is 0 Å². The fourth-order valence-electron chi connectivity index (χ4n) is 2.85. The van der Waals surface area contributed by atoms with Crippen LogP contribution in [0.1, 0.15) is 48.9 Å². The molecule has 1 aromatic carbocycles. The van der Waals surface area contributed by atoms with Crippen molar-refractivity contribution in [3.8, 4) is 6.07 Å². The van der Waals surface area contributed by atoms with Crippen LogP contribution in [0.2, 0.25) is 0 Å². The van der Waals surface area contributed by atoms with Crippen LogP contribution in [0.15, 0.2) is 29.1 Å². The largest absolute Gasteiger partial charge is 0.311 e. The molecule has 1 atom stereocenters. The van der Waals surface area contributed by atoms with E-state index < -0.39 is 0 Å². The van der Waals surface area contributed by atoms with Crippen LogP contribution in [0, 0.1) is 11.3 Å². The van der Waals surface area contributed by atoms with Gasteiger partial charge in [0.1, 0.15) is 5.82 Å². The number of aromatic amines is 1. The molecular weight excluding hydrogens is 280 g/mol. The number of fused-ring (bicyclic) bond motifs is 1. The molecule has 0 saturated carbocycles. The maximum absolute atomic E-state index is 12.3. The first-order chi connectivity index (χ1) is 10.5. The Morgan fingerprint density at radius 3 is 2.55 bits per heavy atom. The van der Waals surface area contributed by atoms with E-state index in [0.717, 1.165) is 5.56 Å². The van der Waals surface area contributed by atoms with E-state index in [9.17, 15) is 9.59 Å². The average molecular weight is 296 g/mol. The number of benzene rings is 1. The molecule has 2 heterocycles. The molecule has 0 unspecified atom stereocenters. The molecule has 0 aliphatic carbocycles. The van der Waals surface area contributed by atoms with Gasteiger partial charge in [-0.15, -0.1) is 0 Å². The maximum Gasteiger partial charge on any atom is 0.270 e. The molecule has 2 aromatic rings. The van der Waals surface area contributed by atoms with Gasteiger partial charge >= 0.3 is 0 Å². The molecule has 3 rings (SSSR count). The first-order valence-electron chi connectivity index (χ1n) is 7.15. The highest BCUT2D eigenvalue weighted by Gasteiger charge is 2.32. The second-order valence-corrected chi connectivity index (χ2v) is 5.71. The standard InChI is InChI=1S/C16H16N4O2/c1-9(2)20-15-14(16(22)19-20)12(7-13(21)18-15)11-5-3-10(8-17)4-6-11/h3-6,9,12H,7H2,1-2H3,(H,18,21)(H,19,22)/t12-/m0/s1. The van der Waals surface area contributed by atoms with Crippen molar-refractivity contribution in [2.75, 3.05) is 5.32 Å². The van der Waals surface area contributed by atoms with E-state index in [-0.39, 0.29) is 29.8 Å². The van der Waals surface area contributed by atoms with Crippen LogP contribution in [0.3, 0.4) is 0 Å². The molecule has 0 saturated heterocycles. The average Bonchev–Trinajstić information content (AvgIpc) is 2.84. The minimum Gasteiger partial charge on any atom is -0.311 e. The number of nitrogens with zero attached hydrogens (tertiary/aromatic N) is 2. The fraction of sp³-hybridized carbons (Fsp3) is 0.312. The summed E-state index contributed by atoms with van der Waals surface area (Å²) in [4.78, 5) is 24.3. The van der Waals surface area contributed by atoms with Crippen LogP contribution >= 0.6 is 0 Å². The van der Waals surface area contributed by atoms with E-state index in [1.165, 1.54) is 0 Å². The Balaban J connectivity index is 2.13. The number of nitrogens with one attached hydrogen (secondary N) is 2. The summed E-state index contributed by atoms with van der Waals surface area (Å²) in [6.45, 7) is 3.88. The molecule has 2 N–H and O–H groups in total. The van der Waals surface area contributed by atoms with Crippen molar-refractivity contribution < 1.29 is 4.79 Å². The second-order valence-electron chi connectivity index (χ2n) is 5.71. The summed E-state index contributed by atoms with van der Waals surface area (Å²) in [5, 5.41) is 14.5. The van der Waals surface area contributed by atoms with Crippen LogP contribution in [0.4, 0.5) is 5.82 Å². The van der Waals surface area contributed by atoms with E-state index >= 15 is 0 Å². The van der Waals surface area contributed by atoms with Gasteiger partial charge in [0.25, 0.3) is 5.56 Å². The lowest BCUT2D eigenvalue weighted by Crippen LogP contribution is -2.27. The topological polar surface area (TPSA) is 90.7 Å². The van der Waals surface area contributed by atoms with Gasteiger partial charge in [-0.3, -0.25) is 19.4 Å². The predicted octanol–water partition coefficient (Wildman–Crippen LogP) is 2.10. The van der Waals surface area contributed by atoms with Gasteiger partial charge in [-0.2, -0.15) is 5.26 Å². The highest BCUT2D eigenvalue weighted by Crippen LogP contribution is 2.35. The molecule has 6 nitrogen and oxygen atoms in total. The van der Waals surface area contributed by atoms with Crippen LogP contribution in [0.5, 0.6) is 0 Å². The van der Waals surface area contributed by atoms with Crippen molar-refractivity contribution in [2.24, 2.45) is 0 Å². The van der Waals surface area contributed by atoms with Crippen molar-refractivity contribution in [2.45, 2.75) is 32.2 Å². The second kappa shape index (κ2) is 5.19. The van der Waals surface area contributed by atoms with Gasteiger partial charge in [0, 0.05) is 18.4 Å². The Morgan fingerprint density at radius 2 is 1.95 bits per heavy atom. The number of carbonyl (C=O) groups excluding carboxylic acids is 1. The third-order valence-corrected chi connectivity index (χ3v) is 3.92. The van der Waals surface area contributed by atoms with E-state index in [4.69, 9.17) is 5.26 Å². The minimum atomic E-state index is -0.291. The minimum absolute atomic E-state index is 0.0384. The van der Waals surface area contributed by atoms with Gasteiger partial charge in [-0.05, 0) is 31.5 Å². The highest BCUT2D eigenvalue weighted by molar-refractivity contribution is 5.94. The molecule has 1 aliphatic rings. The number of rotatable bonds is 2. The SMILES string of the molecule is CC(C)n1[nH]c(=O)c2c1NC(=O)C[C@H]2c1ccc(C#N)cc1. The lowest BCUT2D eigenvalue weighted by atomic mass is 9.87. The molecule has 0 radical (unpaired) electrons. The van der Waals surface area contributed by atoms with Gasteiger partial charge in [-0.25, -0.2) is 0 Å². The predicted molar refractivity (Wildman–Crippen MR) is 81.7 cm³/mol. The van der Waals surface area contributed by atoms with Gasteiger partial charge in [0.15, 0.2) is 0 Å². The molecule has 0 spiro atoms. The van der Waals surface area contributed by atoms with E-state index in [1.807, 2.05) is 13.8 Å². The number of hydrogen-bond donors (Lipinski definition) is 2.